The minimum absolute atomic E-state index is 0.00663. The number of nitrogens with two attached hydrogens (primary N) is 1. The summed E-state index contributed by atoms with van der Waals surface area (Å²) in [6.45, 7) is 0.818. The van der Waals surface area contributed by atoms with E-state index in [1.54, 1.807) is 24.3 Å². The molecule has 2 aromatic carbocycles. The van der Waals surface area contributed by atoms with Crippen molar-refractivity contribution in [2.75, 3.05) is 27.2 Å². The molecule has 1 spiro atoms. The van der Waals surface area contributed by atoms with Crippen molar-refractivity contribution >= 4 is 31.8 Å². The maximum atomic E-state index is 15.7. The van der Waals surface area contributed by atoms with E-state index < -0.39 is 42.7 Å². The van der Waals surface area contributed by atoms with Crippen LogP contribution >= 0.6 is 0 Å². The molecule has 14 heteroatoms. The fourth-order valence-corrected chi connectivity index (χ4v) is 9.38. The molecule has 1 fully saturated rings. The van der Waals surface area contributed by atoms with Crippen molar-refractivity contribution in [1.82, 2.24) is 13.6 Å². The van der Waals surface area contributed by atoms with Gasteiger partial charge < -0.3 is 10.5 Å². The van der Waals surface area contributed by atoms with Crippen LogP contribution in [0.5, 0.6) is 5.75 Å². The number of methoxy groups -OCH3 is 1. The molecule has 3 aromatic rings. The number of guanidine groups is 1. The second-order valence-electron chi connectivity index (χ2n) is 10.4. The Morgan fingerprint density at radius 3 is 2.50 bits per heavy atom. The number of aliphatic imine (C=N–C) groups is 1. The molecule has 3 heterocycles. The van der Waals surface area contributed by atoms with Gasteiger partial charge in [-0.25, -0.2) is 35.5 Å². The zero-order valence-electron chi connectivity index (χ0n) is 23.2. The first-order valence-electron chi connectivity index (χ1n) is 13.0. The molecule has 1 aromatic heterocycles. The second-order valence-corrected chi connectivity index (χ2v) is 14.6. The third-order valence-electron chi connectivity index (χ3n) is 8.16. The van der Waals surface area contributed by atoms with Crippen molar-refractivity contribution in [2.45, 2.75) is 34.9 Å². The Balaban J connectivity index is 1.59. The molecule has 11 nitrogen and oxygen atoms in total. The Labute approximate surface area is 243 Å². The van der Waals surface area contributed by atoms with E-state index in [0.29, 0.717) is 11.3 Å². The standard InChI is InChI=1S/C28H30FN5O6S2/c1-27(22-15-19(9-11-23(22)29)16-25(35)24-12-10-20(40-3)17-31-24)28(42(38,39)33(2)26(30)32-27)13-14-34(18-28)41(36,37)21-7-5-4-6-8-21/h4-12,15,17H,13-14,16,18H2,1-3H3,(H2,30,32)/t27-,28+/m1/s1. The average Bonchev–Trinajstić information content (AvgIpc) is 3.46. The molecule has 2 aliphatic heterocycles. The lowest BCUT2D eigenvalue weighted by atomic mass is 9.77. The molecule has 222 valence electrons. The van der Waals surface area contributed by atoms with Crippen molar-refractivity contribution in [1.29, 1.82) is 0 Å². The van der Waals surface area contributed by atoms with Gasteiger partial charge in [0.1, 0.15) is 27.5 Å². The van der Waals surface area contributed by atoms with E-state index in [-0.39, 0.29) is 47.3 Å². The molecular formula is C28H30FN5O6S2. The molecule has 42 heavy (non-hydrogen) atoms. The number of sulfonamides is 2. The molecule has 2 N–H and O–H groups in total. The number of hydrogen-bond donors (Lipinski definition) is 1. The van der Waals surface area contributed by atoms with Gasteiger partial charge in [0.2, 0.25) is 26.0 Å². The van der Waals surface area contributed by atoms with Gasteiger partial charge in [0.25, 0.3) is 0 Å². The summed E-state index contributed by atoms with van der Waals surface area (Å²) >= 11 is 0. The van der Waals surface area contributed by atoms with Crippen LogP contribution in [0.4, 0.5) is 4.39 Å². The number of benzene rings is 2. The lowest BCUT2D eigenvalue weighted by Crippen LogP contribution is -2.66. The van der Waals surface area contributed by atoms with E-state index in [2.05, 4.69) is 9.98 Å². The molecular weight excluding hydrogens is 585 g/mol. The van der Waals surface area contributed by atoms with Gasteiger partial charge in [-0.2, -0.15) is 4.31 Å². The molecule has 1 saturated heterocycles. The predicted molar refractivity (Wildman–Crippen MR) is 153 cm³/mol. The first-order valence-corrected chi connectivity index (χ1v) is 15.9. The first-order chi connectivity index (χ1) is 19.8. The Hall–Kier alpha value is -3.88. The Kier molecular flexibility index (Phi) is 7.36. The van der Waals surface area contributed by atoms with Gasteiger partial charge >= 0.3 is 0 Å². The van der Waals surface area contributed by atoms with Crippen LogP contribution in [0.15, 0.2) is 76.7 Å². The van der Waals surface area contributed by atoms with Crippen LogP contribution in [0.25, 0.3) is 0 Å². The van der Waals surface area contributed by atoms with Crippen LogP contribution in [0.3, 0.4) is 0 Å². The highest BCUT2D eigenvalue weighted by Crippen LogP contribution is 2.52. The van der Waals surface area contributed by atoms with Crippen LogP contribution in [-0.4, -0.2) is 74.2 Å². The minimum Gasteiger partial charge on any atom is -0.495 e. The van der Waals surface area contributed by atoms with E-state index in [1.807, 2.05) is 0 Å². The lowest BCUT2D eigenvalue weighted by Gasteiger charge is -2.48. The SMILES string of the molecule is COc1ccc(C(=O)Cc2ccc(F)c([C@@]3(C)N=C(N)N(C)S(=O)(=O)[C@]34CCN(S(=O)(=O)c3ccccc3)C4)c2)nc1. The van der Waals surface area contributed by atoms with Crippen molar-refractivity contribution in [2.24, 2.45) is 10.7 Å². The van der Waals surface area contributed by atoms with Crippen LogP contribution < -0.4 is 10.5 Å². The Morgan fingerprint density at radius 2 is 1.86 bits per heavy atom. The fraction of sp³-hybridized carbons (Fsp3) is 0.321. The average molecular weight is 616 g/mol. The largest absolute Gasteiger partial charge is 0.495 e. The number of carbonyl (C=O) groups excluding carboxylic acids is 1. The van der Waals surface area contributed by atoms with Crippen molar-refractivity contribution in [3.8, 4) is 5.75 Å². The zero-order chi connectivity index (χ0) is 30.5. The molecule has 2 aliphatic rings. The van der Waals surface area contributed by atoms with E-state index in [0.717, 1.165) is 14.7 Å². The molecule has 0 amide bonds. The summed E-state index contributed by atoms with van der Waals surface area (Å²) in [6, 6.07) is 14.7. The van der Waals surface area contributed by atoms with Crippen LogP contribution in [0.2, 0.25) is 0 Å². The van der Waals surface area contributed by atoms with Gasteiger partial charge in [0.15, 0.2) is 5.78 Å². The third-order valence-corrected chi connectivity index (χ3v) is 12.6. The number of hydrogen-bond acceptors (Lipinski definition) is 9. The molecule has 0 radical (unpaired) electrons. The summed E-state index contributed by atoms with van der Waals surface area (Å²) in [5.41, 5.74) is 4.67. The lowest BCUT2D eigenvalue weighted by molar-refractivity contribution is 0.0988. The fourth-order valence-electron chi connectivity index (χ4n) is 5.64. The minimum atomic E-state index is -4.37. The summed E-state index contributed by atoms with van der Waals surface area (Å²) in [5, 5.41) is 0. The van der Waals surface area contributed by atoms with E-state index in [4.69, 9.17) is 10.5 Å². The summed E-state index contributed by atoms with van der Waals surface area (Å²) < 4.78 is 76.0. The van der Waals surface area contributed by atoms with Crippen LogP contribution in [0, 0.1) is 5.82 Å². The topological polar surface area (TPSA) is 152 Å². The van der Waals surface area contributed by atoms with E-state index in [1.165, 1.54) is 57.6 Å². The smallest absolute Gasteiger partial charge is 0.247 e. The van der Waals surface area contributed by atoms with Gasteiger partial charge in [-0.3, -0.25) is 4.79 Å². The van der Waals surface area contributed by atoms with Crippen LogP contribution in [-0.2, 0) is 32.0 Å². The number of rotatable bonds is 7. The number of pyridine rings is 1. The molecule has 0 saturated carbocycles. The number of carbonyl (C=O) groups is 1. The maximum absolute atomic E-state index is 15.7. The third kappa shape index (κ3) is 4.53. The maximum Gasteiger partial charge on any atom is 0.247 e. The van der Waals surface area contributed by atoms with Crippen molar-refractivity contribution in [3.05, 3.63) is 89.5 Å². The monoisotopic (exact) mass is 615 g/mol. The van der Waals surface area contributed by atoms with Crippen molar-refractivity contribution in [3.63, 3.8) is 0 Å². The Morgan fingerprint density at radius 1 is 1.14 bits per heavy atom. The van der Waals surface area contributed by atoms with Gasteiger partial charge in [-0.15, -0.1) is 0 Å². The molecule has 0 unspecified atom stereocenters. The number of ether oxygens (including phenoxy) is 1. The number of aromatic nitrogens is 1. The molecule has 2 atom stereocenters. The quantitative estimate of drug-likeness (QED) is 0.398. The number of ketones is 1. The highest BCUT2D eigenvalue weighted by Gasteiger charge is 2.67. The Bertz CT molecular complexity index is 1780. The van der Waals surface area contributed by atoms with Gasteiger partial charge in [-0.05, 0) is 55.3 Å². The van der Waals surface area contributed by atoms with Crippen LogP contribution in [0.1, 0.15) is 35.0 Å². The number of nitrogens with zero attached hydrogens (tertiary/aromatic N) is 4. The molecule has 5 rings (SSSR count). The van der Waals surface area contributed by atoms with Gasteiger partial charge in [0.05, 0.1) is 18.2 Å². The zero-order valence-corrected chi connectivity index (χ0v) is 24.8. The van der Waals surface area contributed by atoms with E-state index >= 15 is 4.39 Å². The highest BCUT2D eigenvalue weighted by atomic mass is 32.2. The van der Waals surface area contributed by atoms with Gasteiger partial charge in [-0.1, -0.05) is 24.3 Å². The van der Waals surface area contributed by atoms with Gasteiger partial charge in [0, 0.05) is 32.1 Å². The summed E-state index contributed by atoms with van der Waals surface area (Å²) in [4.78, 5) is 21.6. The number of halogens is 1. The van der Waals surface area contributed by atoms with E-state index in [9.17, 15) is 21.6 Å². The highest BCUT2D eigenvalue weighted by molar-refractivity contribution is 7.91. The second kappa shape index (κ2) is 10.4. The first kappa shape index (κ1) is 29.6. The number of Topliss-reactive ketones (excluding diaryl/α,β-unsaturated/α-hetero) is 1. The molecule has 0 bridgehead atoms. The predicted octanol–water partition coefficient (Wildman–Crippen LogP) is 2.29. The van der Waals surface area contributed by atoms with Crippen molar-refractivity contribution < 1.29 is 30.8 Å². The normalized spacial score (nSPS) is 24.0. The summed E-state index contributed by atoms with van der Waals surface area (Å²) in [7, 11) is -5.74. The summed E-state index contributed by atoms with van der Waals surface area (Å²) in [6.07, 6.45) is 1.08. The molecule has 0 aliphatic carbocycles. The summed E-state index contributed by atoms with van der Waals surface area (Å²) in [5.74, 6) is -1.00.